The molecule has 8 nitrogen and oxygen atoms in total. The molecule has 0 bridgehead atoms. The third-order valence-electron chi connectivity index (χ3n) is 11.1. The van der Waals surface area contributed by atoms with E-state index in [2.05, 4.69) is 24.3 Å². The van der Waals surface area contributed by atoms with Crippen LogP contribution in [-0.2, 0) is 73.5 Å². The fourth-order valence-electron chi connectivity index (χ4n) is 8.13. The van der Waals surface area contributed by atoms with Crippen LogP contribution in [0.15, 0.2) is 152 Å². The topological polar surface area (TPSA) is 73.8 Å². The first-order valence-corrected chi connectivity index (χ1v) is 20.6. The van der Waals surface area contributed by atoms with Gasteiger partial charge >= 0.3 is 0 Å². The van der Waals surface area contributed by atoms with Crippen molar-refractivity contribution in [3.63, 3.8) is 0 Å². The van der Waals surface area contributed by atoms with Crippen LogP contribution in [0.25, 0.3) is 0 Å². The first-order chi connectivity index (χ1) is 29.1. The maximum absolute atomic E-state index is 7.35. The van der Waals surface area contributed by atoms with E-state index in [0.29, 0.717) is 49.2 Å². The third-order valence-corrected chi connectivity index (χ3v) is 11.4. The predicted octanol–water partition coefficient (Wildman–Crippen LogP) is 9.76. The summed E-state index contributed by atoms with van der Waals surface area (Å²) in [6, 6.07) is 50.6. The molecule has 302 valence electrons. The van der Waals surface area contributed by atoms with Gasteiger partial charge in [0.05, 0.1) is 45.2 Å². The van der Waals surface area contributed by atoms with Crippen molar-refractivity contribution < 1.29 is 37.9 Å². The largest absolute Gasteiger partial charge is 0.493 e. The van der Waals surface area contributed by atoms with E-state index >= 15 is 0 Å². The highest BCUT2D eigenvalue weighted by Crippen LogP contribution is 2.50. The summed E-state index contributed by atoms with van der Waals surface area (Å²) in [5.41, 5.74) is 7.94. The van der Waals surface area contributed by atoms with Gasteiger partial charge < -0.3 is 37.9 Å². The van der Waals surface area contributed by atoms with Gasteiger partial charge in [-0.1, -0.05) is 145 Å². The van der Waals surface area contributed by atoms with Crippen LogP contribution < -0.4 is 9.47 Å². The Morgan fingerprint density at radius 1 is 0.576 bits per heavy atom. The van der Waals surface area contributed by atoms with Crippen molar-refractivity contribution in [2.75, 3.05) is 20.0 Å². The number of benzene rings is 6. The van der Waals surface area contributed by atoms with Crippen LogP contribution in [0.1, 0.15) is 44.5 Å². The quantitative estimate of drug-likeness (QED) is 0.102. The lowest BCUT2D eigenvalue weighted by molar-refractivity contribution is -0.405. The lowest BCUT2D eigenvalue weighted by atomic mass is 9.85. The van der Waals surface area contributed by atoms with Gasteiger partial charge in [0.2, 0.25) is 5.79 Å². The molecule has 0 radical (unpaired) electrons. The molecular formula is C50H47ClO8. The molecular weight excluding hydrogens is 764 g/mol. The van der Waals surface area contributed by atoms with E-state index in [-0.39, 0.29) is 20.0 Å². The molecule has 0 aromatic heterocycles. The molecule has 1 spiro atoms. The molecule has 59 heavy (non-hydrogen) atoms. The Hall–Kier alpha value is -5.03. The summed E-state index contributed by atoms with van der Waals surface area (Å²) in [6.45, 7) is 2.04. The minimum Gasteiger partial charge on any atom is -0.493 e. The molecule has 0 saturated carbocycles. The fourth-order valence-corrected chi connectivity index (χ4v) is 8.35. The van der Waals surface area contributed by atoms with Gasteiger partial charge in [-0.15, -0.1) is 0 Å². The van der Waals surface area contributed by atoms with Gasteiger partial charge in [0.15, 0.2) is 6.79 Å². The smallest absolute Gasteiger partial charge is 0.231 e. The average molecular weight is 811 g/mol. The Balaban J connectivity index is 1.14. The molecule has 6 aromatic rings. The highest BCUT2D eigenvalue weighted by atomic mass is 35.5. The first-order valence-electron chi connectivity index (χ1n) is 20.2. The zero-order valence-corrected chi connectivity index (χ0v) is 33.5. The number of rotatable bonds is 15. The molecule has 3 heterocycles. The van der Waals surface area contributed by atoms with Crippen LogP contribution in [-0.4, -0.2) is 44.4 Å². The van der Waals surface area contributed by atoms with Crippen molar-refractivity contribution in [2.45, 2.75) is 69.5 Å². The molecule has 1 saturated heterocycles. The Bertz CT molecular complexity index is 2280. The number of halogens is 1. The molecule has 0 aliphatic carbocycles. The van der Waals surface area contributed by atoms with Crippen molar-refractivity contribution in [3.05, 3.63) is 201 Å². The molecule has 6 aromatic carbocycles. The molecule has 5 atom stereocenters. The average Bonchev–Trinajstić information content (AvgIpc) is 3.75. The summed E-state index contributed by atoms with van der Waals surface area (Å²) in [5.74, 6) is -0.0244. The van der Waals surface area contributed by atoms with E-state index in [9.17, 15) is 0 Å². The SMILES string of the molecule is Clc1cc2c(cc1Cc1ccc3c(c1)CCO3)[C@]1(OCO2)O[C@H](COCc2ccccc2)[C@@H](OCc2ccccc2)[C@H](OCc2ccccc2)[C@H]1OCc1ccccc1. The van der Waals surface area contributed by atoms with Crippen molar-refractivity contribution >= 4 is 11.6 Å². The molecule has 3 aliphatic heterocycles. The second kappa shape index (κ2) is 18.5. The van der Waals surface area contributed by atoms with Crippen molar-refractivity contribution in [3.8, 4) is 11.5 Å². The van der Waals surface area contributed by atoms with E-state index in [1.165, 1.54) is 5.56 Å². The summed E-state index contributed by atoms with van der Waals surface area (Å²) >= 11 is 7.08. The van der Waals surface area contributed by atoms with Crippen molar-refractivity contribution in [2.24, 2.45) is 0 Å². The molecule has 1 fully saturated rings. The predicted molar refractivity (Wildman–Crippen MR) is 224 cm³/mol. The van der Waals surface area contributed by atoms with Gasteiger partial charge in [-0.2, -0.15) is 0 Å². The summed E-state index contributed by atoms with van der Waals surface area (Å²) in [4.78, 5) is 0. The van der Waals surface area contributed by atoms with Gasteiger partial charge in [0.25, 0.3) is 0 Å². The minimum atomic E-state index is -1.51. The highest BCUT2D eigenvalue weighted by molar-refractivity contribution is 6.31. The van der Waals surface area contributed by atoms with E-state index in [0.717, 1.165) is 45.6 Å². The number of ether oxygens (including phenoxy) is 8. The summed E-state index contributed by atoms with van der Waals surface area (Å²) in [7, 11) is 0. The zero-order chi connectivity index (χ0) is 39.9. The van der Waals surface area contributed by atoms with Crippen LogP contribution in [0.5, 0.6) is 11.5 Å². The number of hydrogen-bond acceptors (Lipinski definition) is 8. The molecule has 3 aliphatic rings. The van der Waals surface area contributed by atoms with Crippen LogP contribution in [0.4, 0.5) is 0 Å². The highest BCUT2D eigenvalue weighted by Gasteiger charge is 2.61. The second-order valence-corrected chi connectivity index (χ2v) is 15.5. The van der Waals surface area contributed by atoms with Gasteiger partial charge in [-0.3, -0.25) is 0 Å². The molecule has 0 N–H and O–H groups in total. The van der Waals surface area contributed by atoms with E-state index in [1.807, 2.05) is 127 Å². The Kier molecular flexibility index (Phi) is 12.4. The Labute approximate surface area is 350 Å². The van der Waals surface area contributed by atoms with Crippen LogP contribution in [0.2, 0.25) is 5.02 Å². The fraction of sp³-hybridized carbons (Fsp3) is 0.280. The number of fused-ring (bicyclic) bond motifs is 3. The summed E-state index contributed by atoms with van der Waals surface area (Å²) < 4.78 is 53.7. The maximum Gasteiger partial charge on any atom is 0.231 e. The summed E-state index contributed by atoms with van der Waals surface area (Å²) in [6.07, 6.45) is -1.40. The molecule has 9 rings (SSSR count). The van der Waals surface area contributed by atoms with Crippen LogP contribution in [0, 0.1) is 0 Å². The van der Waals surface area contributed by atoms with Gasteiger partial charge in [0, 0.05) is 11.4 Å². The van der Waals surface area contributed by atoms with Gasteiger partial charge in [-0.05, 0) is 63.6 Å². The maximum atomic E-state index is 7.35. The van der Waals surface area contributed by atoms with Gasteiger partial charge in [0.1, 0.15) is 35.9 Å². The molecule has 9 heteroatoms. The summed E-state index contributed by atoms with van der Waals surface area (Å²) in [5, 5.41) is 0.582. The van der Waals surface area contributed by atoms with E-state index < -0.39 is 30.2 Å². The minimum absolute atomic E-state index is 0.1000. The number of hydrogen-bond donors (Lipinski definition) is 0. The van der Waals surface area contributed by atoms with E-state index in [1.54, 1.807) is 0 Å². The van der Waals surface area contributed by atoms with Crippen molar-refractivity contribution in [1.29, 1.82) is 0 Å². The lowest BCUT2D eigenvalue weighted by Gasteiger charge is -2.53. The lowest BCUT2D eigenvalue weighted by Crippen LogP contribution is -2.67. The third kappa shape index (κ3) is 9.10. The van der Waals surface area contributed by atoms with Crippen LogP contribution in [0.3, 0.4) is 0 Å². The van der Waals surface area contributed by atoms with Crippen molar-refractivity contribution in [1.82, 2.24) is 0 Å². The zero-order valence-electron chi connectivity index (χ0n) is 32.8. The standard InChI is InChI=1S/C50H47ClO8/c51-43-28-45-42(27-41(43)26-39-21-22-44-40(25-39)23-24-53-44)50(58-34-57-45)49(56-32-38-19-11-4-12-20-38)48(55-31-37-17-9-3-10-18-37)47(54-30-36-15-7-2-8-16-36)46(59-50)33-52-29-35-13-5-1-6-14-35/h1-22,25,27-28,46-49H,23-24,26,29-34H2/t46-,47-,48+,49-,50+/m1/s1. The molecule has 0 amide bonds. The van der Waals surface area contributed by atoms with Crippen LogP contribution >= 0.6 is 11.6 Å². The normalized spacial score (nSPS) is 22.0. The monoisotopic (exact) mass is 810 g/mol. The second-order valence-electron chi connectivity index (χ2n) is 15.1. The Morgan fingerprint density at radius 2 is 1.17 bits per heavy atom. The first kappa shape index (κ1) is 39.4. The Morgan fingerprint density at radius 3 is 1.81 bits per heavy atom. The van der Waals surface area contributed by atoms with Gasteiger partial charge in [-0.25, -0.2) is 0 Å². The van der Waals surface area contributed by atoms with E-state index in [4.69, 9.17) is 49.5 Å². The molecule has 0 unspecified atom stereocenters.